The van der Waals surface area contributed by atoms with Gasteiger partial charge in [-0.3, -0.25) is 37.8 Å². The fraction of sp³-hybridized carbons (Fsp3) is 0.471. The number of nitrogens with zero attached hydrogens (tertiary/aromatic N) is 1. The number of aliphatic carboxylic acids is 2. The van der Waals surface area contributed by atoms with Gasteiger partial charge in [-0.15, -0.1) is 0 Å². The van der Waals surface area contributed by atoms with Crippen molar-refractivity contribution in [2.75, 3.05) is 26.2 Å². The van der Waals surface area contributed by atoms with E-state index in [4.69, 9.17) is 4.74 Å². The quantitative estimate of drug-likeness (QED) is 0.0951. The number of phenolic OH excluding ortho intramolecular Hbond substituents is 1. The predicted molar refractivity (Wildman–Crippen MR) is 270 cm³/mol. The maximum atomic E-state index is 14.3. The third kappa shape index (κ3) is 19.1. The van der Waals surface area contributed by atoms with Crippen molar-refractivity contribution in [2.45, 2.75) is 109 Å². The number of nitrogens with one attached hydrogen (secondary N) is 6. The highest BCUT2D eigenvalue weighted by atomic mass is 32.2. The second kappa shape index (κ2) is 28.7. The van der Waals surface area contributed by atoms with Crippen LogP contribution in [0.3, 0.4) is 0 Å². The Morgan fingerprint density at radius 2 is 1.41 bits per heavy atom. The molecule has 0 radical (unpaired) electrons. The predicted octanol–water partition coefficient (Wildman–Crippen LogP) is 1.24. The maximum absolute atomic E-state index is 14.3. The number of phenols is 1. The van der Waals surface area contributed by atoms with Gasteiger partial charge in [-0.25, -0.2) is 9.59 Å². The molecule has 11 atom stereocenters. The molecule has 2 aromatic rings. The average molecular weight is 1040 g/mol. The summed E-state index contributed by atoms with van der Waals surface area (Å²) in [6, 6.07) is 5.97. The van der Waals surface area contributed by atoms with E-state index in [0.29, 0.717) is 17.6 Å². The lowest BCUT2D eigenvalue weighted by Crippen LogP contribution is -2.59. The van der Waals surface area contributed by atoms with Crippen molar-refractivity contribution in [2.24, 2.45) is 17.8 Å². The number of hydrogen-bond donors (Lipinski definition) is 9. The van der Waals surface area contributed by atoms with E-state index < -0.39 is 131 Å². The van der Waals surface area contributed by atoms with Crippen LogP contribution in [0, 0.1) is 17.8 Å². The normalized spacial score (nSPS) is 25.4. The Bertz CT molecular complexity index is 2410. The van der Waals surface area contributed by atoms with Gasteiger partial charge < -0.3 is 56.9 Å². The number of hydrogen-bond acceptors (Lipinski definition) is 12. The summed E-state index contributed by atoms with van der Waals surface area (Å²) in [4.78, 5) is 123. The number of rotatable bonds is 14. The molecule has 22 heteroatoms. The first-order valence-corrected chi connectivity index (χ1v) is 25.3. The molecule has 0 aromatic heterocycles. The number of amides is 7. The molecule has 0 bridgehead atoms. The van der Waals surface area contributed by atoms with Crippen molar-refractivity contribution in [1.82, 2.24) is 36.8 Å². The second-order valence-electron chi connectivity index (χ2n) is 18.1. The van der Waals surface area contributed by atoms with Crippen molar-refractivity contribution in [1.29, 1.82) is 0 Å². The highest BCUT2D eigenvalue weighted by Gasteiger charge is 2.37. The highest BCUT2D eigenvalue weighted by Crippen LogP contribution is 2.19. The van der Waals surface area contributed by atoms with Gasteiger partial charge >= 0.3 is 11.9 Å². The molecule has 1 saturated heterocycles. The highest BCUT2D eigenvalue weighted by molar-refractivity contribution is 7.84. The van der Waals surface area contributed by atoms with Crippen LogP contribution in [0.1, 0.15) is 65.0 Å². The molecule has 1 fully saturated rings. The monoisotopic (exact) mass is 1040 g/mol. The Labute approximate surface area is 427 Å². The van der Waals surface area contributed by atoms with Crippen molar-refractivity contribution < 1.29 is 67.4 Å². The molecular weight excluding hydrogens is 967 g/mol. The molecule has 0 spiro atoms. The fourth-order valence-corrected chi connectivity index (χ4v) is 8.18. The Kier molecular flexibility index (Phi) is 23.7. The Balaban J connectivity index is 2.12. The lowest BCUT2D eigenvalue weighted by molar-refractivity contribution is -0.146. The molecule has 73 heavy (non-hydrogen) atoms. The minimum Gasteiger partial charge on any atom is -0.508 e. The summed E-state index contributed by atoms with van der Waals surface area (Å²) >= 11 is 0. The molecule has 2 aromatic carbocycles. The number of methoxy groups -OCH3 is 1. The van der Waals surface area contributed by atoms with E-state index in [1.165, 1.54) is 64.4 Å². The first-order valence-electron chi connectivity index (χ1n) is 23.6. The van der Waals surface area contributed by atoms with Gasteiger partial charge in [0.25, 0.3) is 5.91 Å². The zero-order valence-corrected chi connectivity index (χ0v) is 43.2. The average Bonchev–Trinajstić information content (AvgIpc) is 3.34. The van der Waals surface area contributed by atoms with Gasteiger partial charge in [-0.05, 0) is 56.4 Å². The van der Waals surface area contributed by atoms with E-state index in [9.17, 15) is 62.7 Å². The number of allylic oxidation sites excluding steroid dienone is 2. The SMILES string of the molecule is C=C1C(=O)N[C@H](C)C(=O)N[C@@H](Cc2ccc(O)cc2)C(=O)N[C@@H](C(=O)O)[C@H](C)C(=O)N[C@@H](CCS(C)=O)C(=O)N[C@@H](/C=C/C(C)=C/[C@H](C)[C@H](Cc2ccccc2)OC)[C@H](C)C(=O)N[C@@H](C(=O)O)CCC(=O)N1C. The number of benzene rings is 2. The summed E-state index contributed by atoms with van der Waals surface area (Å²) in [5.41, 5.74) is 1.70. The minimum atomic E-state index is -1.97. The molecule has 1 aliphatic heterocycles. The molecule has 0 aliphatic carbocycles. The van der Waals surface area contributed by atoms with Gasteiger partial charge in [-0.1, -0.05) is 93.6 Å². The topological polar surface area (TPSA) is 316 Å². The molecule has 398 valence electrons. The van der Waals surface area contributed by atoms with E-state index in [1.807, 2.05) is 43.3 Å². The zero-order valence-electron chi connectivity index (χ0n) is 42.3. The van der Waals surface area contributed by atoms with E-state index in [1.54, 1.807) is 20.1 Å². The van der Waals surface area contributed by atoms with Crippen LogP contribution in [0.5, 0.6) is 5.75 Å². The van der Waals surface area contributed by atoms with Gasteiger partial charge in [0, 0.05) is 55.7 Å². The van der Waals surface area contributed by atoms with Crippen LogP contribution in [0.25, 0.3) is 0 Å². The van der Waals surface area contributed by atoms with Crippen LogP contribution in [-0.2, 0) is 71.5 Å². The van der Waals surface area contributed by atoms with E-state index >= 15 is 0 Å². The number of ether oxygens (including phenoxy) is 1. The number of aromatic hydroxyl groups is 1. The van der Waals surface area contributed by atoms with Crippen molar-refractivity contribution in [3.63, 3.8) is 0 Å². The van der Waals surface area contributed by atoms with Gasteiger partial charge in [0.2, 0.25) is 35.4 Å². The number of likely N-dealkylation sites (N-methyl/N-ethyl adjacent to an activating group) is 1. The number of carbonyl (C=O) groups excluding carboxylic acids is 7. The molecule has 0 saturated carbocycles. The summed E-state index contributed by atoms with van der Waals surface area (Å²) in [5, 5.41) is 45.2. The first kappa shape index (κ1) is 60.1. The Morgan fingerprint density at radius 1 is 0.808 bits per heavy atom. The second-order valence-corrected chi connectivity index (χ2v) is 19.7. The van der Waals surface area contributed by atoms with E-state index in [2.05, 4.69) is 38.5 Å². The van der Waals surface area contributed by atoms with E-state index in [-0.39, 0.29) is 36.4 Å². The minimum absolute atomic E-state index is 0.110. The summed E-state index contributed by atoms with van der Waals surface area (Å²) in [6.07, 6.45) is 5.32. The number of carboxylic acids is 2. The van der Waals surface area contributed by atoms with Crippen molar-refractivity contribution in [3.8, 4) is 5.75 Å². The van der Waals surface area contributed by atoms with E-state index in [0.717, 1.165) is 10.5 Å². The van der Waals surface area contributed by atoms with Crippen LogP contribution in [0.15, 0.2) is 90.7 Å². The molecule has 1 unspecified atom stereocenters. The molecular formula is C51H69N7O14S. The lowest BCUT2D eigenvalue weighted by atomic mass is 9.94. The number of carbonyl (C=O) groups is 9. The standard InChI is InChI=1S/C51H69N7O14S/c1-28(25-29(2)41(72-8)27-34-13-11-10-12-14-34)15-20-37-30(3)44(61)55-39(50(67)68)21-22-42(60)58(7)33(6)47(64)52-32(5)46(63)56-40(26-35-16-18-36(59)19-17-35)49(66)57-43(51(69)70)31(4)45(62)54-38(48(65)53-37)23-24-73(9)71/h10-20,25,29-32,37-41,43,59H,6,21-24,26-27H2,1-5,7-9H3,(H,52,64)(H,53,65)(H,54,62)(H,55,61)(H,56,63)(H,57,66)(H,67,68)(H,69,70)/b20-15+,28-25+/t29-,30-,31-,32+,37-,38-,39+,40-,41-,43+,73?/m0/s1. The van der Waals surface area contributed by atoms with Gasteiger partial charge in [-0.2, -0.15) is 0 Å². The summed E-state index contributed by atoms with van der Waals surface area (Å²) in [7, 11) is 1.29. The molecule has 7 amide bonds. The Morgan fingerprint density at radius 3 is 2.00 bits per heavy atom. The third-order valence-electron chi connectivity index (χ3n) is 12.4. The largest absolute Gasteiger partial charge is 0.508 e. The van der Waals surface area contributed by atoms with Crippen LogP contribution >= 0.6 is 0 Å². The van der Waals surface area contributed by atoms with Gasteiger partial charge in [0.1, 0.15) is 41.7 Å². The summed E-state index contributed by atoms with van der Waals surface area (Å²) in [6.45, 7) is 11.2. The van der Waals surface area contributed by atoms with Crippen LogP contribution in [0.4, 0.5) is 0 Å². The fourth-order valence-electron chi connectivity index (χ4n) is 7.61. The number of carboxylic acid groups (broad SMARTS) is 2. The maximum Gasteiger partial charge on any atom is 0.327 e. The molecule has 1 aliphatic rings. The molecule has 3 rings (SSSR count). The van der Waals surface area contributed by atoms with Crippen molar-refractivity contribution >= 4 is 64.1 Å². The zero-order chi connectivity index (χ0) is 54.7. The Hall–Kier alpha value is -7.20. The van der Waals surface area contributed by atoms with Crippen molar-refractivity contribution in [3.05, 3.63) is 102 Å². The summed E-state index contributed by atoms with van der Waals surface area (Å²) < 4.78 is 18.2. The third-order valence-corrected chi connectivity index (χ3v) is 13.2. The first-order chi connectivity index (χ1) is 34.3. The van der Waals surface area contributed by atoms with Crippen LogP contribution in [-0.4, -0.2) is 146 Å². The molecule has 1 heterocycles. The summed E-state index contributed by atoms with van der Waals surface area (Å²) in [5.74, 6) is -13.0. The van der Waals surface area contributed by atoms with Gasteiger partial charge in [0.15, 0.2) is 0 Å². The lowest BCUT2D eigenvalue weighted by Gasteiger charge is -2.28. The smallest absolute Gasteiger partial charge is 0.327 e. The van der Waals surface area contributed by atoms with Crippen LogP contribution < -0.4 is 31.9 Å². The molecule has 9 N–H and O–H groups in total. The van der Waals surface area contributed by atoms with Gasteiger partial charge in [0.05, 0.1) is 24.0 Å². The molecule has 21 nitrogen and oxygen atoms in total. The van der Waals surface area contributed by atoms with Crippen LogP contribution in [0.2, 0.25) is 0 Å².